The van der Waals surface area contributed by atoms with Crippen molar-refractivity contribution in [2.24, 2.45) is 5.73 Å². The maximum Gasteiger partial charge on any atom is 0.252 e. The van der Waals surface area contributed by atoms with Crippen LogP contribution in [0.15, 0.2) is 42.5 Å². The minimum absolute atomic E-state index is 0.160. The molecule has 5 heteroatoms. The molecule has 0 aliphatic heterocycles. The number of rotatable bonds is 4. The number of nitrogens with zero attached hydrogens (tertiary/aromatic N) is 1. The van der Waals surface area contributed by atoms with E-state index in [0.717, 1.165) is 0 Å². The van der Waals surface area contributed by atoms with Crippen molar-refractivity contribution in [2.75, 3.05) is 0 Å². The number of para-hydroxylation sites is 1. The Morgan fingerprint density at radius 3 is 2.65 bits per heavy atom. The van der Waals surface area contributed by atoms with Crippen molar-refractivity contribution >= 4 is 5.91 Å². The van der Waals surface area contributed by atoms with Crippen molar-refractivity contribution < 1.29 is 14.6 Å². The van der Waals surface area contributed by atoms with Crippen LogP contribution in [0.4, 0.5) is 0 Å². The first-order chi connectivity index (χ1) is 9.65. The number of aliphatic hydroxyl groups excluding tert-OH is 1. The van der Waals surface area contributed by atoms with E-state index in [0.29, 0.717) is 11.3 Å². The first-order valence-electron chi connectivity index (χ1n) is 5.86. The molecule has 0 heterocycles. The summed E-state index contributed by atoms with van der Waals surface area (Å²) in [5.74, 6) is -0.0160. The lowest BCUT2D eigenvalue weighted by Gasteiger charge is -2.10. The minimum atomic E-state index is -0.605. The van der Waals surface area contributed by atoms with Crippen LogP contribution in [0.2, 0.25) is 0 Å². The second-order valence-corrected chi connectivity index (χ2v) is 4.06. The summed E-state index contributed by atoms with van der Waals surface area (Å²) < 4.78 is 5.59. The molecule has 5 nitrogen and oxygen atoms in total. The molecule has 20 heavy (non-hydrogen) atoms. The van der Waals surface area contributed by atoms with Crippen molar-refractivity contribution in [2.45, 2.75) is 6.61 Å². The predicted octanol–water partition coefficient (Wildman–Crippen LogP) is 1.94. The van der Waals surface area contributed by atoms with Crippen LogP contribution in [0.1, 0.15) is 21.5 Å². The summed E-state index contributed by atoms with van der Waals surface area (Å²) in [5, 5.41) is 18.1. The third-order valence-electron chi connectivity index (χ3n) is 2.72. The van der Waals surface area contributed by atoms with Gasteiger partial charge in [-0.05, 0) is 29.8 Å². The third kappa shape index (κ3) is 2.76. The molecule has 100 valence electrons. The number of nitriles is 1. The van der Waals surface area contributed by atoms with Gasteiger partial charge in [0.2, 0.25) is 0 Å². The lowest BCUT2D eigenvalue weighted by Crippen LogP contribution is -2.12. The predicted molar refractivity (Wildman–Crippen MR) is 72.1 cm³/mol. The molecular formula is C15H12N2O3. The molecule has 0 aromatic heterocycles. The number of aliphatic hydroxyl groups is 1. The molecule has 0 fully saturated rings. The fourth-order valence-corrected chi connectivity index (χ4v) is 1.73. The molecule has 0 saturated carbocycles. The summed E-state index contributed by atoms with van der Waals surface area (Å²) in [6, 6.07) is 13.3. The number of carbonyl (C=O) groups excluding carboxylic acids is 1. The number of hydrogen-bond acceptors (Lipinski definition) is 4. The van der Waals surface area contributed by atoms with E-state index in [1.807, 2.05) is 6.07 Å². The molecule has 0 saturated heterocycles. The molecule has 2 aromatic carbocycles. The molecule has 3 N–H and O–H groups in total. The zero-order chi connectivity index (χ0) is 14.5. The van der Waals surface area contributed by atoms with E-state index in [4.69, 9.17) is 20.8 Å². The Bertz CT molecular complexity index is 690. The number of benzene rings is 2. The standard InChI is InChI=1S/C15H12N2O3/c16-8-11-7-10(9-18)5-6-13(11)20-14-4-2-1-3-12(14)15(17)19/h1-7,18H,9H2,(H2,17,19). The van der Waals surface area contributed by atoms with Crippen molar-refractivity contribution in [3.05, 3.63) is 59.2 Å². The van der Waals surface area contributed by atoms with Gasteiger partial charge in [0.05, 0.1) is 17.7 Å². The van der Waals surface area contributed by atoms with E-state index in [9.17, 15) is 4.79 Å². The SMILES string of the molecule is N#Cc1cc(CO)ccc1Oc1ccccc1C(N)=O. The van der Waals surface area contributed by atoms with Crippen LogP contribution in [0.5, 0.6) is 11.5 Å². The molecule has 0 spiro atoms. The topological polar surface area (TPSA) is 96.3 Å². The van der Waals surface area contributed by atoms with Crippen molar-refractivity contribution in [3.63, 3.8) is 0 Å². The highest BCUT2D eigenvalue weighted by molar-refractivity contribution is 5.95. The first-order valence-corrected chi connectivity index (χ1v) is 5.86. The van der Waals surface area contributed by atoms with E-state index >= 15 is 0 Å². The average molecular weight is 268 g/mol. The van der Waals surface area contributed by atoms with Gasteiger partial charge in [-0.15, -0.1) is 0 Å². The van der Waals surface area contributed by atoms with Gasteiger partial charge in [-0.3, -0.25) is 4.79 Å². The molecular weight excluding hydrogens is 256 g/mol. The maximum absolute atomic E-state index is 11.3. The number of ether oxygens (including phenoxy) is 1. The molecule has 1 amide bonds. The lowest BCUT2D eigenvalue weighted by atomic mass is 10.1. The van der Waals surface area contributed by atoms with Crippen LogP contribution in [0.25, 0.3) is 0 Å². The average Bonchev–Trinajstić information content (AvgIpc) is 2.48. The van der Waals surface area contributed by atoms with Crippen LogP contribution < -0.4 is 10.5 Å². The van der Waals surface area contributed by atoms with Gasteiger partial charge >= 0.3 is 0 Å². The Labute approximate surface area is 115 Å². The zero-order valence-corrected chi connectivity index (χ0v) is 10.5. The highest BCUT2D eigenvalue weighted by atomic mass is 16.5. The van der Waals surface area contributed by atoms with Gasteiger partial charge in [0.25, 0.3) is 5.91 Å². The third-order valence-corrected chi connectivity index (χ3v) is 2.72. The first kappa shape index (κ1) is 13.6. The smallest absolute Gasteiger partial charge is 0.252 e. The maximum atomic E-state index is 11.3. The normalized spacial score (nSPS) is 9.80. The zero-order valence-electron chi connectivity index (χ0n) is 10.5. The summed E-state index contributed by atoms with van der Waals surface area (Å²) >= 11 is 0. The number of amides is 1. The Morgan fingerprint density at radius 1 is 1.25 bits per heavy atom. The van der Waals surface area contributed by atoms with Gasteiger partial charge in [0.1, 0.15) is 17.6 Å². The Morgan fingerprint density at radius 2 is 2.00 bits per heavy atom. The van der Waals surface area contributed by atoms with E-state index in [1.165, 1.54) is 6.07 Å². The highest BCUT2D eigenvalue weighted by Crippen LogP contribution is 2.28. The molecule has 0 unspecified atom stereocenters. The fourth-order valence-electron chi connectivity index (χ4n) is 1.73. The Balaban J connectivity index is 2.41. The number of hydrogen-bond donors (Lipinski definition) is 2. The number of carbonyl (C=O) groups is 1. The summed E-state index contributed by atoms with van der Waals surface area (Å²) in [5.41, 5.74) is 6.39. The molecule has 0 bridgehead atoms. The minimum Gasteiger partial charge on any atom is -0.455 e. The molecule has 0 atom stereocenters. The molecule has 0 radical (unpaired) electrons. The Kier molecular flexibility index (Phi) is 3.99. The molecule has 2 aromatic rings. The second-order valence-electron chi connectivity index (χ2n) is 4.06. The van der Waals surface area contributed by atoms with Crippen LogP contribution in [0.3, 0.4) is 0 Å². The van der Waals surface area contributed by atoms with E-state index in [-0.39, 0.29) is 23.5 Å². The van der Waals surface area contributed by atoms with Gasteiger partial charge in [0, 0.05) is 0 Å². The van der Waals surface area contributed by atoms with Gasteiger partial charge in [-0.1, -0.05) is 18.2 Å². The summed E-state index contributed by atoms with van der Waals surface area (Å²) in [7, 11) is 0. The van der Waals surface area contributed by atoms with Gasteiger partial charge in [-0.2, -0.15) is 5.26 Å². The molecule has 0 aliphatic rings. The monoisotopic (exact) mass is 268 g/mol. The van der Waals surface area contributed by atoms with E-state index in [2.05, 4.69) is 0 Å². The lowest BCUT2D eigenvalue weighted by molar-refractivity contribution is 0.0998. The highest BCUT2D eigenvalue weighted by Gasteiger charge is 2.12. The number of nitrogens with two attached hydrogens (primary N) is 1. The van der Waals surface area contributed by atoms with Crippen molar-refractivity contribution in [1.82, 2.24) is 0 Å². The molecule has 0 aliphatic carbocycles. The van der Waals surface area contributed by atoms with Crippen LogP contribution in [-0.4, -0.2) is 11.0 Å². The largest absolute Gasteiger partial charge is 0.455 e. The summed E-state index contributed by atoms with van der Waals surface area (Å²) in [6.45, 7) is -0.160. The van der Waals surface area contributed by atoms with Crippen LogP contribution >= 0.6 is 0 Å². The molecule has 2 rings (SSSR count). The van der Waals surface area contributed by atoms with Crippen LogP contribution in [-0.2, 0) is 6.61 Å². The summed E-state index contributed by atoms with van der Waals surface area (Å²) in [6.07, 6.45) is 0. The second kappa shape index (κ2) is 5.87. The van der Waals surface area contributed by atoms with Gasteiger partial charge < -0.3 is 15.6 Å². The van der Waals surface area contributed by atoms with E-state index < -0.39 is 5.91 Å². The van der Waals surface area contributed by atoms with Crippen LogP contribution in [0, 0.1) is 11.3 Å². The van der Waals surface area contributed by atoms with Gasteiger partial charge in [-0.25, -0.2) is 0 Å². The fraction of sp³-hybridized carbons (Fsp3) is 0.0667. The van der Waals surface area contributed by atoms with Crippen molar-refractivity contribution in [3.8, 4) is 17.6 Å². The quantitative estimate of drug-likeness (QED) is 0.885. The number of primary amides is 1. The van der Waals surface area contributed by atoms with Crippen molar-refractivity contribution in [1.29, 1.82) is 5.26 Å². The van der Waals surface area contributed by atoms with E-state index in [1.54, 1.807) is 36.4 Å². The van der Waals surface area contributed by atoms with Gasteiger partial charge in [0.15, 0.2) is 0 Å². The summed E-state index contributed by atoms with van der Waals surface area (Å²) in [4.78, 5) is 11.3. The Hall–Kier alpha value is -2.84.